The molecule has 1 aromatic rings. The molecule has 0 saturated heterocycles. The van der Waals surface area contributed by atoms with Crippen molar-refractivity contribution in [2.75, 3.05) is 24.7 Å². The average Bonchev–Trinajstić information content (AvgIpc) is 2.31. The summed E-state index contributed by atoms with van der Waals surface area (Å²) in [5.41, 5.74) is 1.96. The third-order valence-electron chi connectivity index (χ3n) is 2.74. The second kappa shape index (κ2) is 6.75. The highest BCUT2D eigenvalue weighted by Crippen LogP contribution is 2.15. The molecule has 0 radical (unpaired) electrons. The maximum atomic E-state index is 11.7. The Morgan fingerprint density at radius 1 is 1.28 bits per heavy atom. The Balaban J connectivity index is 2.59. The molecule has 0 amide bonds. The Morgan fingerprint density at radius 2 is 1.94 bits per heavy atom. The van der Waals surface area contributed by atoms with Crippen LogP contribution in [0.2, 0.25) is 0 Å². The van der Waals surface area contributed by atoms with Crippen LogP contribution in [0.1, 0.15) is 19.4 Å². The van der Waals surface area contributed by atoms with Crippen LogP contribution >= 0.6 is 0 Å². The predicted molar refractivity (Wildman–Crippen MR) is 74.6 cm³/mol. The van der Waals surface area contributed by atoms with Crippen molar-refractivity contribution in [2.24, 2.45) is 0 Å². The molecule has 0 unspecified atom stereocenters. The van der Waals surface area contributed by atoms with Crippen molar-refractivity contribution >= 4 is 15.5 Å². The summed E-state index contributed by atoms with van der Waals surface area (Å²) < 4.78 is 28.4. The minimum atomic E-state index is -2.99. The molecular weight excluding hydrogens is 250 g/mol. The van der Waals surface area contributed by atoms with Crippen molar-refractivity contribution in [1.29, 1.82) is 0 Å². The molecule has 0 bridgehead atoms. The van der Waals surface area contributed by atoms with Crippen LogP contribution in [0.25, 0.3) is 0 Å². The minimum Gasteiger partial charge on any atom is -0.384 e. The Hall–Kier alpha value is -1.07. The van der Waals surface area contributed by atoms with E-state index in [-0.39, 0.29) is 11.0 Å². The molecule has 1 aromatic carbocycles. The summed E-state index contributed by atoms with van der Waals surface area (Å²) >= 11 is 0. The number of hydrogen-bond donors (Lipinski definition) is 1. The number of methoxy groups -OCH3 is 1. The van der Waals surface area contributed by atoms with Gasteiger partial charge >= 0.3 is 0 Å². The van der Waals surface area contributed by atoms with Crippen molar-refractivity contribution < 1.29 is 13.2 Å². The molecule has 0 aromatic heterocycles. The molecule has 1 N–H and O–H groups in total. The molecule has 0 aliphatic carbocycles. The number of benzene rings is 1. The highest BCUT2D eigenvalue weighted by Gasteiger charge is 2.15. The molecule has 0 atom stereocenters. The van der Waals surface area contributed by atoms with Crippen molar-refractivity contribution in [3.05, 3.63) is 29.8 Å². The summed E-state index contributed by atoms with van der Waals surface area (Å²) in [6.07, 6.45) is 0. The first-order chi connectivity index (χ1) is 8.47. The largest absolute Gasteiger partial charge is 0.384 e. The van der Waals surface area contributed by atoms with Gasteiger partial charge < -0.3 is 10.1 Å². The molecule has 4 nitrogen and oxygen atoms in total. The maximum absolute atomic E-state index is 11.7. The van der Waals surface area contributed by atoms with Crippen LogP contribution < -0.4 is 5.32 Å². The molecule has 0 heterocycles. The van der Waals surface area contributed by atoms with Crippen LogP contribution in [0.3, 0.4) is 0 Å². The van der Waals surface area contributed by atoms with Crippen molar-refractivity contribution in [3.8, 4) is 0 Å². The van der Waals surface area contributed by atoms with Crippen LogP contribution in [-0.2, 0) is 21.2 Å². The molecule has 1 rings (SSSR count). The van der Waals surface area contributed by atoms with E-state index in [1.165, 1.54) is 0 Å². The van der Waals surface area contributed by atoms with Gasteiger partial charge in [-0.15, -0.1) is 0 Å². The minimum absolute atomic E-state index is 0.145. The van der Waals surface area contributed by atoms with E-state index >= 15 is 0 Å². The molecule has 0 spiro atoms. The van der Waals surface area contributed by atoms with E-state index in [1.807, 2.05) is 24.3 Å². The quantitative estimate of drug-likeness (QED) is 0.825. The van der Waals surface area contributed by atoms with E-state index in [4.69, 9.17) is 4.74 Å². The molecule has 0 aliphatic heterocycles. The van der Waals surface area contributed by atoms with Crippen LogP contribution in [0.4, 0.5) is 5.69 Å². The first-order valence-electron chi connectivity index (χ1n) is 5.99. The molecule has 5 heteroatoms. The number of hydrogen-bond acceptors (Lipinski definition) is 4. The van der Waals surface area contributed by atoms with E-state index in [2.05, 4.69) is 5.32 Å². The van der Waals surface area contributed by atoms with Crippen LogP contribution in [-0.4, -0.2) is 33.1 Å². The summed E-state index contributed by atoms with van der Waals surface area (Å²) in [4.78, 5) is 0. The fourth-order valence-electron chi connectivity index (χ4n) is 1.54. The monoisotopic (exact) mass is 271 g/mol. The fourth-order valence-corrected chi connectivity index (χ4v) is 2.40. The first kappa shape index (κ1) is 15.0. The Labute approximate surface area is 109 Å². The smallest absolute Gasteiger partial charge is 0.154 e. The standard InChI is InChI=1S/C13H21NO3S/c1-11(2)18(15,16)9-8-14-13-7-5-4-6-12(13)10-17-3/h4-7,11,14H,8-10H2,1-3H3. The average molecular weight is 271 g/mol. The topological polar surface area (TPSA) is 55.4 Å². The van der Waals surface area contributed by atoms with Gasteiger partial charge in [0.1, 0.15) is 0 Å². The number of anilines is 1. The van der Waals surface area contributed by atoms with Crippen LogP contribution in [0.5, 0.6) is 0 Å². The third kappa shape index (κ3) is 4.31. The summed E-state index contributed by atoms with van der Waals surface area (Å²) in [5, 5.41) is 2.82. The summed E-state index contributed by atoms with van der Waals surface area (Å²) in [7, 11) is -1.35. The number of para-hydroxylation sites is 1. The van der Waals surface area contributed by atoms with Gasteiger partial charge in [0, 0.05) is 24.9 Å². The highest BCUT2D eigenvalue weighted by molar-refractivity contribution is 7.92. The second-order valence-corrected chi connectivity index (χ2v) is 7.11. The number of ether oxygens (including phenoxy) is 1. The zero-order valence-electron chi connectivity index (χ0n) is 11.1. The van der Waals surface area contributed by atoms with Crippen molar-refractivity contribution in [1.82, 2.24) is 0 Å². The predicted octanol–water partition coefficient (Wildman–Crippen LogP) is 2.07. The van der Waals surface area contributed by atoms with Gasteiger partial charge in [-0.3, -0.25) is 0 Å². The molecule has 18 heavy (non-hydrogen) atoms. The SMILES string of the molecule is COCc1ccccc1NCCS(=O)(=O)C(C)C. The van der Waals surface area contributed by atoms with Crippen LogP contribution in [0, 0.1) is 0 Å². The first-order valence-corrected chi connectivity index (χ1v) is 7.71. The lowest BCUT2D eigenvalue weighted by Gasteiger charge is -2.12. The molecular formula is C13H21NO3S. The summed E-state index contributed by atoms with van der Waals surface area (Å²) in [6.45, 7) is 4.34. The second-order valence-electron chi connectivity index (χ2n) is 4.43. The Morgan fingerprint density at radius 3 is 2.56 bits per heavy atom. The van der Waals surface area contributed by atoms with Crippen LogP contribution in [0.15, 0.2) is 24.3 Å². The van der Waals surface area contributed by atoms with Gasteiger partial charge in [-0.05, 0) is 19.9 Å². The number of rotatable bonds is 7. The van der Waals surface area contributed by atoms with E-state index in [0.717, 1.165) is 11.3 Å². The fraction of sp³-hybridized carbons (Fsp3) is 0.538. The zero-order chi connectivity index (χ0) is 13.6. The van der Waals surface area contributed by atoms with Gasteiger partial charge in [0.15, 0.2) is 9.84 Å². The zero-order valence-corrected chi connectivity index (χ0v) is 12.0. The normalized spacial score (nSPS) is 11.8. The van der Waals surface area contributed by atoms with E-state index < -0.39 is 9.84 Å². The van der Waals surface area contributed by atoms with E-state index in [0.29, 0.717) is 13.2 Å². The lowest BCUT2D eigenvalue weighted by Crippen LogP contribution is -2.23. The molecule has 0 fully saturated rings. The van der Waals surface area contributed by atoms with E-state index in [9.17, 15) is 8.42 Å². The van der Waals surface area contributed by atoms with Gasteiger partial charge in [-0.25, -0.2) is 8.42 Å². The molecule has 0 saturated carbocycles. The van der Waals surface area contributed by atoms with Gasteiger partial charge in [-0.1, -0.05) is 18.2 Å². The van der Waals surface area contributed by atoms with Crippen molar-refractivity contribution in [2.45, 2.75) is 25.7 Å². The number of sulfone groups is 1. The van der Waals surface area contributed by atoms with Gasteiger partial charge in [0.25, 0.3) is 0 Å². The number of nitrogens with one attached hydrogen (secondary N) is 1. The van der Waals surface area contributed by atoms with Crippen molar-refractivity contribution in [3.63, 3.8) is 0 Å². The highest BCUT2D eigenvalue weighted by atomic mass is 32.2. The molecule has 102 valence electrons. The van der Waals surface area contributed by atoms with E-state index in [1.54, 1.807) is 21.0 Å². The Bertz CT molecular complexity index is 469. The van der Waals surface area contributed by atoms with Gasteiger partial charge in [-0.2, -0.15) is 0 Å². The van der Waals surface area contributed by atoms with Gasteiger partial charge in [0.2, 0.25) is 0 Å². The lowest BCUT2D eigenvalue weighted by molar-refractivity contribution is 0.185. The molecule has 0 aliphatic rings. The third-order valence-corrected chi connectivity index (χ3v) is 4.95. The van der Waals surface area contributed by atoms with Gasteiger partial charge in [0.05, 0.1) is 17.6 Å². The summed E-state index contributed by atoms with van der Waals surface area (Å²) in [5.74, 6) is 0.145. The maximum Gasteiger partial charge on any atom is 0.154 e. The lowest BCUT2D eigenvalue weighted by atomic mass is 10.2. The summed E-state index contributed by atoms with van der Waals surface area (Å²) in [6, 6.07) is 7.74. The Kier molecular flexibility index (Phi) is 5.62.